The number of halogens is 1. The highest BCUT2D eigenvalue weighted by atomic mass is 32.2. The third-order valence-electron chi connectivity index (χ3n) is 3.10. The first kappa shape index (κ1) is 14.3. The minimum Gasteiger partial charge on any atom is -0.313 e. The topological polar surface area (TPSA) is 58.2 Å². The second-order valence-electron chi connectivity index (χ2n) is 5.16. The molecule has 0 radical (unpaired) electrons. The Labute approximate surface area is 113 Å². The Balaban J connectivity index is 2.02. The molecule has 1 saturated carbocycles. The first-order valence-corrected chi connectivity index (χ1v) is 7.93. The minimum absolute atomic E-state index is 0.274. The molecule has 0 bridgehead atoms. The third-order valence-corrected chi connectivity index (χ3v) is 4.85. The van der Waals surface area contributed by atoms with Crippen molar-refractivity contribution >= 4 is 15.7 Å². The third kappa shape index (κ3) is 4.18. The minimum atomic E-state index is -3.49. The molecular formula is C13H19FN2O2S. The Morgan fingerprint density at radius 3 is 2.63 bits per heavy atom. The van der Waals surface area contributed by atoms with E-state index >= 15 is 0 Å². The molecule has 0 saturated heterocycles. The number of benzene rings is 1. The molecule has 1 unspecified atom stereocenters. The van der Waals surface area contributed by atoms with E-state index in [2.05, 4.69) is 10.0 Å². The molecule has 106 valence electrons. The number of rotatable bonds is 6. The number of hydrogen-bond donors (Lipinski definition) is 2. The molecule has 0 aromatic heterocycles. The van der Waals surface area contributed by atoms with Crippen LogP contribution in [0.5, 0.6) is 0 Å². The molecule has 0 amide bonds. The van der Waals surface area contributed by atoms with Gasteiger partial charge in [0.2, 0.25) is 10.0 Å². The largest absolute Gasteiger partial charge is 0.313 e. The summed E-state index contributed by atoms with van der Waals surface area (Å²) in [6.07, 6.45) is 2.23. The zero-order valence-corrected chi connectivity index (χ0v) is 11.9. The summed E-state index contributed by atoms with van der Waals surface area (Å²) in [6.45, 7) is 3.77. The van der Waals surface area contributed by atoms with Crippen LogP contribution in [0.15, 0.2) is 18.2 Å². The second-order valence-corrected chi connectivity index (χ2v) is 7.26. The van der Waals surface area contributed by atoms with Gasteiger partial charge in [0.1, 0.15) is 5.82 Å². The Kier molecular flexibility index (Phi) is 4.10. The maximum absolute atomic E-state index is 13.2. The Morgan fingerprint density at radius 2 is 2.05 bits per heavy atom. The number of aryl methyl sites for hydroxylation is 1. The van der Waals surface area contributed by atoms with Gasteiger partial charge in [0.25, 0.3) is 0 Å². The van der Waals surface area contributed by atoms with E-state index in [1.165, 1.54) is 12.1 Å². The zero-order chi connectivity index (χ0) is 14.0. The molecule has 0 aliphatic heterocycles. The molecule has 6 heteroatoms. The van der Waals surface area contributed by atoms with Crippen molar-refractivity contribution in [2.45, 2.75) is 38.0 Å². The summed E-state index contributed by atoms with van der Waals surface area (Å²) in [4.78, 5) is 0. The molecule has 4 nitrogen and oxygen atoms in total. The summed E-state index contributed by atoms with van der Waals surface area (Å²) in [5.74, 6) is -0.443. The van der Waals surface area contributed by atoms with E-state index in [1.807, 2.05) is 0 Å². The Morgan fingerprint density at radius 1 is 1.37 bits per heavy atom. The predicted molar refractivity (Wildman–Crippen MR) is 74.2 cm³/mol. The van der Waals surface area contributed by atoms with Crippen LogP contribution in [0.4, 0.5) is 10.1 Å². The van der Waals surface area contributed by atoms with Crippen LogP contribution >= 0.6 is 0 Å². The molecular weight excluding hydrogens is 267 g/mol. The van der Waals surface area contributed by atoms with Crippen LogP contribution in [0, 0.1) is 12.7 Å². The van der Waals surface area contributed by atoms with Crippen molar-refractivity contribution in [3.63, 3.8) is 0 Å². The molecule has 1 aromatic carbocycles. The molecule has 1 atom stereocenters. The van der Waals surface area contributed by atoms with E-state index in [0.717, 1.165) is 12.8 Å². The average Bonchev–Trinajstić information content (AvgIpc) is 3.07. The van der Waals surface area contributed by atoms with Crippen molar-refractivity contribution < 1.29 is 12.8 Å². The molecule has 19 heavy (non-hydrogen) atoms. The molecule has 1 aliphatic carbocycles. The summed E-state index contributed by atoms with van der Waals surface area (Å²) in [7, 11) is -3.49. The van der Waals surface area contributed by atoms with Gasteiger partial charge in [0.15, 0.2) is 0 Å². The van der Waals surface area contributed by atoms with E-state index in [0.29, 0.717) is 18.2 Å². The van der Waals surface area contributed by atoms with Gasteiger partial charge in [-0.15, -0.1) is 0 Å². The molecule has 1 fully saturated rings. The summed E-state index contributed by atoms with van der Waals surface area (Å²) in [5.41, 5.74) is 0.956. The van der Waals surface area contributed by atoms with Crippen LogP contribution in [0.25, 0.3) is 0 Å². The number of hydrogen-bond acceptors (Lipinski definition) is 3. The van der Waals surface area contributed by atoms with Crippen LogP contribution in [0.1, 0.15) is 25.3 Å². The van der Waals surface area contributed by atoms with E-state index in [1.54, 1.807) is 19.9 Å². The molecule has 2 N–H and O–H groups in total. The van der Waals surface area contributed by atoms with Crippen LogP contribution in [0.3, 0.4) is 0 Å². The summed E-state index contributed by atoms with van der Waals surface area (Å²) >= 11 is 0. The summed E-state index contributed by atoms with van der Waals surface area (Å²) in [6, 6.07) is 4.62. The smallest absolute Gasteiger partial charge is 0.236 e. The van der Waals surface area contributed by atoms with Gasteiger partial charge in [0.05, 0.1) is 10.9 Å². The van der Waals surface area contributed by atoms with Gasteiger partial charge in [-0.3, -0.25) is 4.72 Å². The molecule has 0 spiro atoms. The lowest BCUT2D eigenvalue weighted by molar-refractivity contribution is 0.576. The fourth-order valence-corrected chi connectivity index (χ4v) is 2.75. The highest BCUT2D eigenvalue weighted by Gasteiger charge is 2.25. The first-order valence-electron chi connectivity index (χ1n) is 6.39. The highest BCUT2D eigenvalue weighted by Crippen LogP contribution is 2.20. The van der Waals surface area contributed by atoms with Crippen molar-refractivity contribution in [2.75, 3.05) is 11.3 Å². The van der Waals surface area contributed by atoms with Crippen molar-refractivity contribution in [2.24, 2.45) is 0 Å². The normalized spacial score (nSPS) is 17.2. The standard InChI is InChI=1S/C13H19FN2O2S/c1-9-5-11(14)7-13(6-9)16-19(17,18)10(2)8-15-12-3-4-12/h5-7,10,12,15-16H,3-4,8H2,1-2H3. The van der Waals surface area contributed by atoms with Gasteiger partial charge in [-0.2, -0.15) is 0 Å². The van der Waals surface area contributed by atoms with E-state index in [4.69, 9.17) is 0 Å². The predicted octanol–water partition coefficient (Wildman–Crippen LogP) is 2.02. The fraction of sp³-hybridized carbons (Fsp3) is 0.538. The van der Waals surface area contributed by atoms with Gasteiger partial charge < -0.3 is 5.32 Å². The van der Waals surface area contributed by atoms with Crippen molar-refractivity contribution in [3.8, 4) is 0 Å². The monoisotopic (exact) mass is 286 g/mol. The SMILES string of the molecule is Cc1cc(F)cc(NS(=O)(=O)C(C)CNC2CC2)c1. The molecule has 1 aliphatic rings. The van der Waals surface area contributed by atoms with E-state index < -0.39 is 21.1 Å². The zero-order valence-electron chi connectivity index (χ0n) is 11.1. The highest BCUT2D eigenvalue weighted by molar-refractivity contribution is 7.93. The lowest BCUT2D eigenvalue weighted by atomic mass is 10.2. The first-order chi connectivity index (χ1) is 8.87. The number of sulfonamides is 1. The van der Waals surface area contributed by atoms with Gasteiger partial charge in [-0.25, -0.2) is 12.8 Å². The van der Waals surface area contributed by atoms with Crippen LogP contribution in [-0.2, 0) is 10.0 Å². The van der Waals surface area contributed by atoms with Gasteiger partial charge in [-0.1, -0.05) is 0 Å². The van der Waals surface area contributed by atoms with Crippen LogP contribution in [0.2, 0.25) is 0 Å². The van der Waals surface area contributed by atoms with Crippen molar-refractivity contribution in [1.29, 1.82) is 0 Å². The number of anilines is 1. The molecule has 1 aromatic rings. The van der Waals surface area contributed by atoms with Crippen LogP contribution < -0.4 is 10.0 Å². The van der Waals surface area contributed by atoms with Gasteiger partial charge in [-0.05, 0) is 50.5 Å². The van der Waals surface area contributed by atoms with E-state index in [9.17, 15) is 12.8 Å². The summed E-state index contributed by atoms with van der Waals surface area (Å²) in [5, 5.41) is 2.62. The maximum Gasteiger partial charge on any atom is 0.236 e. The quantitative estimate of drug-likeness (QED) is 0.841. The van der Waals surface area contributed by atoms with E-state index in [-0.39, 0.29) is 5.69 Å². The summed E-state index contributed by atoms with van der Waals surface area (Å²) < 4.78 is 39.8. The van der Waals surface area contributed by atoms with Gasteiger partial charge >= 0.3 is 0 Å². The van der Waals surface area contributed by atoms with Gasteiger partial charge in [0, 0.05) is 12.6 Å². The fourth-order valence-electron chi connectivity index (χ4n) is 1.79. The maximum atomic E-state index is 13.2. The lowest BCUT2D eigenvalue weighted by Gasteiger charge is -2.15. The van der Waals surface area contributed by atoms with Crippen LogP contribution in [-0.4, -0.2) is 26.3 Å². The Bertz CT molecular complexity index is 536. The van der Waals surface area contributed by atoms with Crippen molar-refractivity contribution in [1.82, 2.24) is 5.32 Å². The molecule has 2 rings (SSSR count). The Hall–Kier alpha value is -1.14. The lowest BCUT2D eigenvalue weighted by Crippen LogP contribution is -2.35. The van der Waals surface area contributed by atoms with Crippen molar-refractivity contribution in [3.05, 3.63) is 29.6 Å². The average molecular weight is 286 g/mol. The molecule has 0 heterocycles. The second kappa shape index (κ2) is 5.46. The number of nitrogens with one attached hydrogen (secondary N) is 2.